The van der Waals surface area contributed by atoms with E-state index in [1.54, 1.807) is 23.1 Å². The van der Waals surface area contributed by atoms with E-state index in [9.17, 15) is 4.79 Å². The van der Waals surface area contributed by atoms with Crippen LogP contribution in [-0.4, -0.2) is 28.1 Å². The van der Waals surface area contributed by atoms with Gasteiger partial charge in [-0.2, -0.15) is 0 Å². The number of hydrogen-bond donors (Lipinski definition) is 2. The first kappa shape index (κ1) is 14.4. The van der Waals surface area contributed by atoms with Crippen LogP contribution in [0.3, 0.4) is 0 Å². The predicted octanol–water partition coefficient (Wildman–Crippen LogP) is 1.99. The highest BCUT2D eigenvalue weighted by Crippen LogP contribution is 2.37. The Morgan fingerprint density at radius 2 is 2.47 bits per heavy atom. The lowest BCUT2D eigenvalue weighted by Crippen LogP contribution is -2.39. The summed E-state index contributed by atoms with van der Waals surface area (Å²) in [5.74, 6) is 6.68. The van der Waals surface area contributed by atoms with E-state index >= 15 is 0 Å². The fourth-order valence-corrected chi connectivity index (χ4v) is 3.98. The Morgan fingerprint density at radius 3 is 3.16 bits per heavy atom. The molecule has 1 unspecified atom stereocenters. The van der Waals surface area contributed by atoms with Crippen LogP contribution in [-0.2, 0) is 11.3 Å². The van der Waals surface area contributed by atoms with Gasteiger partial charge >= 0.3 is 0 Å². The molecule has 0 saturated carbocycles. The minimum Gasteiger partial charge on any atom is -0.384 e. The van der Waals surface area contributed by atoms with Crippen LogP contribution in [0.5, 0.6) is 0 Å². The Bertz CT molecular complexity index is 507. The molecule has 0 aromatic carbocycles. The standard InChI is InChI=1S/C14H17NO2S2/c1-14(5-3-7-19-14)13(17)15-9-12-8-11(10-18-12)4-2-6-16/h8,10,16H,3,5-7,9H2,1H3,(H,15,17). The van der Waals surface area contributed by atoms with E-state index in [0.717, 1.165) is 29.0 Å². The molecule has 1 fully saturated rings. The number of aliphatic hydroxyl groups is 1. The zero-order chi connectivity index (χ0) is 13.7. The molecule has 1 aliphatic rings. The van der Waals surface area contributed by atoms with Gasteiger partial charge in [0.1, 0.15) is 6.61 Å². The topological polar surface area (TPSA) is 49.3 Å². The predicted molar refractivity (Wildman–Crippen MR) is 80.2 cm³/mol. The molecule has 1 saturated heterocycles. The van der Waals surface area contributed by atoms with Gasteiger partial charge in [0.2, 0.25) is 5.91 Å². The maximum absolute atomic E-state index is 12.1. The smallest absolute Gasteiger partial charge is 0.236 e. The lowest BCUT2D eigenvalue weighted by molar-refractivity contribution is -0.123. The molecule has 2 rings (SSSR count). The van der Waals surface area contributed by atoms with Gasteiger partial charge in [-0.3, -0.25) is 4.79 Å². The van der Waals surface area contributed by atoms with E-state index in [1.807, 2.05) is 18.4 Å². The van der Waals surface area contributed by atoms with Crippen molar-refractivity contribution >= 4 is 29.0 Å². The van der Waals surface area contributed by atoms with Gasteiger partial charge in [0.25, 0.3) is 0 Å². The molecule has 2 heterocycles. The number of aliphatic hydroxyl groups excluding tert-OH is 1. The number of nitrogens with one attached hydrogen (secondary N) is 1. The maximum Gasteiger partial charge on any atom is 0.236 e. The van der Waals surface area contributed by atoms with Gasteiger partial charge < -0.3 is 10.4 Å². The van der Waals surface area contributed by atoms with Crippen molar-refractivity contribution in [3.05, 3.63) is 21.9 Å². The Labute approximate surface area is 121 Å². The molecule has 1 atom stereocenters. The quantitative estimate of drug-likeness (QED) is 0.839. The zero-order valence-electron chi connectivity index (χ0n) is 10.9. The van der Waals surface area contributed by atoms with E-state index in [0.29, 0.717) is 6.54 Å². The lowest BCUT2D eigenvalue weighted by Gasteiger charge is -2.21. The molecular formula is C14H17NO2S2. The van der Waals surface area contributed by atoms with Gasteiger partial charge in [0.05, 0.1) is 11.3 Å². The average molecular weight is 295 g/mol. The van der Waals surface area contributed by atoms with Crippen LogP contribution in [0, 0.1) is 11.8 Å². The number of hydrogen-bond acceptors (Lipinski definition) is 4. The van der Waals surface area contributed by atoms with E-state index in [-0.39, 0.29) is 17.3 Å². The van der Waals surface area contributed by atoms with Crippen molar-refractivity contribution < 1.29 is 9.90 Å². The van der Waals surface area contributed by atoms with Gasteiger partial charge in [0, 0.05) is 15.8 Å². The molecule has 2 N–H and O–H groups in total. The number of carbonyl (C=O) groups is 1. The summed E-state index contributed by atoms with van der Waals surface area (Å²) in [7, 11) is 0. The van der Waals surface area contributed by atoms with Crippen molar-refractivity contribution in [2.24, 2.45) is 0 Å². The van der Waals surface area contributed by atoms with Crippen molar-refractivity contribution in [3.8, 4) is 11.8 Å². The summed E-state index contributed by atoms with van der Waals surface area (Å²) in [4.78, 5) is 13.2. The first-order valence-electron chi connectivity index (χ1n) is 6.23. The Kier molecular flexibility index (Phi) is 4.92. The van der Waals surface area contributed by atoms with Gasteiger partial charge in [-0.15, -0.1) is 23.1 Å². The van der Waals surface area contributed by atoms with Crippen LogP contribution in [0.2, 0.25) is 0 Å². The average Bonchev–Trinajstić information content (AvgIpc) is 3.03. The number of carbonyl (C=O) groups excluding carboxylic acids is 1. The minimum absolute atomic E-state index is 0.127. The molecule has 5 heteroatoms. The molecular weight excluding hydrogens is 278 g/mol. The Morgan fingerprint density at radius 1 is 1.63 bits per heavy atom. The molecule has 0 aliphatic carbocycles. The molecule has 0 radical (unpaired) electrons. The highest BCUT2D eigenvalue weighted by molar-refractivity contribution is 8.01. The Balaban J connectivity index is 1.88. The summed E-state index contributed by atoms with van der Waals surface area (Å²) in [6.07, 6.45) is 2.08. The van der Waals surface area contributed by atoms with Crippen molar-refractivity contribution in [2.75, 3.05) is 12.4 Å². The van der Waals surface area contributed by atoms with Crippen LogP contribution in [0.15, 0.2) is 11.4 Å². The van der Waals surface area contributed by atoms with Crippen molar-refractivity contribution in [2.45, 2.75) is 31.1 Å². The maximum atomic E-state index is 12.1. The first-order valence-corrected chi connectivity index (χ1v) is 8.10. The van der Waals surface area contributed by atoms with Crippen LogP contribution < -0.4 is 5.32 Å². The minimum atomic E-state index is -0.253. The number of thiophene rings is 1. The van der Waals surface area contributed by atoms with E-state index in [2.05, 4.69) is 17.2 Å². The van der Waals surface area contributed by atoms with Crippen LogP contribution in [0.1, 0.15) is 30.2 Å². The molecule has 1 aliphatic heterocycles. The van der Waals surface area contributed by atoms with Crippen molar-refractivity contribution in [1.82, 2.24) is 5.32 Å². The van der Waals surface area contributed by atoms with Crippen LogP contribution in [0.4, 0.5) is 0 Å². The van der Waals surface area contributed by atoms with E-state index < -0.39 is 0 Å². The molecule has 1 aromatic rings. The summed E-state index contributed by atoms with van der Waals surface area (Å²) in [5, 5.41) is 13.6. The Hall–Kier alpha value is -0.960. The first-order chi connectivity index (χ1) is 9.14. The zero-order valence-corrected chi connectivity index (χ0v) is 12.5. The largest absolute Gasteiger partial charge is 0.384 e. The van der Waals surface area contributed by atoms with Gasteiger partial charge in [-0.1, -0.05) is 11.8 Å². The van der Waals surface area contributed by atoms with Crippen LogP contribution >= 0.6 is 23.1 Å². The number of amides is 1. The summed E-state index contributed by atoms with van der Waals surface area (Å²) in [5.41, 5.74) is 0.893. The highest BCUT2D eigenvalue weighted by atomic mass is 32.2. The van der Waals surface area contributed by atoms with Gasteiger partial charge in [-0.25, -0.2) is 0 Å². The van der Waals surface area contributed by atoms with Crippen molar-refractivity contribution in [1.29, 1.82) is 0 Å². The molecule has 0 bridgehead atoms. The third-order valence-electron chi connectivity index (χ3n) is 3.09. The second-order valence-corrected chi connectivity index (χ2v) is 7.22. The van der Waals surface area contributed by atoms with Crippen molar-refractivity contribution in [3.63, 3.8) is 0 Å². The van der Waals surface area contributed by atoms with Crippen LogP contribution in [0.25, 0.3) is 0 Å². The number of thioether (sulfide) groups is 1. The molecule has 19 heavy (non-hydrogen) atoms. The third-order valence-corrected chi connectivity index (χ3v) is 5.54. The SMILES string of the molecule is CC1(C(=O)NCc2cc(C#CCO)cs2)CCCS1. The molecule has 3 nitrogen and oxygen atoms in total. The molecule has 1 amide bonds. The fraction of sp³-hybridized carbons (Fsp3) is 0.500. The number of rotatable bonds is 3. The van der Waals surface area contributed by atoms with Gasteiger partial charge in [0.15, 0.2) is 0 Å². The summed E-state index contributed by atoms with van der Waals surface area (Å²) in [6.45, 7) is 2.45. The molecule has 1 aromatic heterocycles. The summed E-state index contributed by atoms with van der Waals surface area (Å²) in [6, 6.07) is 1.96. The highest BCUT2D eigenvalue weighted by Gasteiger charge is 2.36. The molecule has 0 spiro atoms. The second kappa shape index (κ2) is 6.47. The fourth-order valence-electron chi connectivity index (χ4n) is 1.99. The molecule has 102 valence electrons. The lowest BCUT2D eigenvalue weighted by atomic mass is 10.1. The van der Waals surface area contributed by atoms with Gasteiger partial charge in [-0.05, 0) is 31.6 Å². The normalized spacial score (nSPS) is 21.8. The van der Waals surface area contributed by atoms with E-state index in [1.165, 1.54) is 0 Å². The second-order valence-electron chi connectivity index (χ2n) is 4.63. The van der Waals surface area contributed by atoms with E-state index in [4.69, 9.17) is 5.11 Å². The summed E-state index contributed by atoms with van der Waals surface area (Å²) < 4.78 is -0.253. The third kappa shape index (κ3) is 3.75. The summed E-state index contributed by atoms with van der Waals surface area (Å²) >= 11 is 3.32. The monoisotopic (exact) mass is 295 g/mol.